The molecule has 4 heterocycles. The van der Waals surface area contributed by atoms with Gasteiger partial charge in [-0.05, 0) is 61.6 Å². The summed E-state index contributed by atoms with van der Waals surface area (Å²) in [7, 11) is 0. The number of para-hydroxylation sites is 1. The summed E-state index contributed by atoms with van der Waals surface area (Å²) in [5.41, 5.74) is 3.71. The molecule has 1 aliphatic carbocycles. The highest BCUT2D eigenvalue weighted by Gasteiger charge is 2.41. The number of benzene rings is 2. The van der Waals surface area contributed by atoms with Gasteiger partial charge in [-0.1, -0.05) is 30.7 Å². The van der Waals surface area contributed by atoms with E-state index in [4.69, 9.17) is 9.72 Å². The average Bonchev–Trinajstić information content (AvgIpc) is 3.24. The Morgan fingerprint density at radius 2 is 1.77 bits per heavy atom. The molecule has 4 aliphatic rings. The number of aromatic nitrogens is 1. The van der Waals surface area contributed by atoms with Crippen molar-refractivity contribution in [2.24, 2.45) is 0 Å². The number of nitrogens with zero attached hydrogens (tertiary/aromatic N) is 3. The summed E-state index contributed by atoms with van der Waals surface area (Å²) in [6, 6.07) is 18.0. The van der Waals surface area contributed by atoms with Gasteiger partial charge in [0.2, 0.25) is 11.8 Å². The molecule has 8 heteroatoms. The minimum atomic E-state index is -0.605. The second-order valence-electron chi connectivity index (χ2n) is 11.3. The third-order valence-corrected chi connectivity index (χ3v) is 8.87. The number of fused-ring (bicyclic) bond motifs is 2. The molecule has 3 aliphatic heterocycles. The SMILES string of the molecule is O=C1CCC(N2Cc3cc(O[C@H]4CCCC[C@@H]4N4CC(c5ccc6ccccc6n5)C4)ccc3C2=O)C(=O)N1. The van der Waals surface area contributed by atoms with Gasteiger partial charge in [0.25, 0.3) is 5.91 Å². The highest BCUT2D eigenvalue weighted by molar-refractivity contribution is 6.05. The molecule has 3 atom stereocenters. The van der Waals surface area contributed by atoms with E-state index in [-0.39, 0.29) is 30.2 Å². The first-order valence-corrected chi connectivity index (χ1v) is 14.1. The van der Waals surface area contributed by atoms with Crippen LogP contribution in [0.3, 0.4) is 0 Å². The van der Waals surface area contributed by atoms with Crippen LogP contribution in [0, 0.1) is 0 Å². The van der Waals surface area contributed by atoms with E-state index in [1.807, 2.05) is 30.3 Å². The molecular formula is C31H32N4O4. The van der Waals surface area contributed by atoms with Crippen LogP contribution in [0.15, 0.2) is 54.6 Å². The summed E-state index contributed by atoms with van der Waals surface area (Å²) in [6.07, 6.45) is 5.21. The minimum absolute atomic E-state index is 0.102. The first kappa shape index (κ1) is 24.3. The molecule has 39 heavy (non-hydrogen) atoms. The standard InChI is InChI=1S/C31H32N4O4/c36-29-14-13-27(30(37)33-29)35-18-20-15-22(10-11-23(20)31(35)38)39-28-8-4-3-7-26(28)34-16-21(17-34)25-12-9-19-5-1-2-6-24(19)32-25/h1-2,5-6,9-12,15,21,26-28H,3-4,7-8,13-14,16-18H2,(H,33,36,37)/t26-,27?,28-/m0/s1. The number of likely N-dealkylation sites (tertiary alicyclic amines) is 1. The second kappa shape index (κ2) is 9.75. The predicted molar refractivity (Wildman–Crippen MR) is 145 cm³/mol. The van der Waals surface area contributed by atoms with Gasteiger partial charge in [0.15, 0.2) is 0 Å². The van der Waals surface area contributed by atoms with Gasteiger partial charge in [-0.15, -0.1) is 0 Å². The second-order valence-corrected chi connectivity index (χ2v) is 11.3. The fraction of sp³-hybridized carbons (Fsp3) is 0.419. The number of nitrogens with one attached hydrogen (secondary N) is 1. The summed E-state index contributed by atoms with van der Waals surface area (Å²) >= 11 is 0. The molecule has 3 amide bonds. The Bertz CT molecular complexity index is 1470. The van der Waals surface area contributed by atoms with Gasteiger partial charge in [-0.25, -0.2) is 0 Å². The molecule has 3 aromatic rings. The zero-order chi connectivity index (χ0) is 26.5. The van der Waals surface area contributed by atoms with Crippen molar-refractivity contribution in [1.29, 1.82) is 0 Å². The van der Waals surface area contributed by atoms with Gasteiger partial charge in [-0.2, -0.15) is 0 Å². The predicted octanol–water partition coefficient (Wildman–Crippen LogP) is 3.79. The number of hydrogen-bond donors (Lipinski definition) is 1. The molecule has 1 aromatic heterocycles. The summed E-state index contributed by atoms with van der Waals surface area (Å²) in [5, 5.41) is 3.54. The van der Waals surface area contributed by atoms with E-state index in [1.54, 1.807) is 4.90 Å². The zero-order valence-electron chi connectivity index (χ0n) is 21.8. The van der Waals surface area contributed by atoms with Crippen LogP contribution < -0.4 is 10.1 Å². The van der Waals surface area contributed by atoms with Crippen molar-refractivity contribution in [3.05, 3.63) is 71.4 Å². The third kappa shape index (κ3) is 4.46. The van der Waals surface area contributed by atoms with Crippen molar-refractivity contribution < 1.29 is 19.1 Å². The maximum Gasteiger partial charge on any atom is 0.255 e. The highest BCUT2D eigenvalue weighted by atomic mass is 16.5. The van der Waals surface area contributed by atoms with E-state index in [9.17, 15) is 14.4 Å². The molecule has 8 nitrogen and oxygen atoms in total. The topological polar surface area (TPSA) is 91.8 Å². The molecule has 200 valence electrons. The fourth-order valence-electron chi connectivity index (χ4n) is 6.71. The Labute approximate surface area is 227 Å². The normalized spacial score (nSPS) is 25.9. The summed E-state index contributed by atoms with van der Waals surface area (Å²) in [6.45, 7) is 2.35. The van der Waals surface area contributed by atoms with Crippen molar-refractivity contribution in [2.45, 2.75) is 69.2 Å². The van der Waals surface area contributed by atoms with Crippen LogP contribution in [0.1, 0.15) is 66.1 Å². The lowest BCUT2D eigenvalue weighted by Crippen LogP contribution is -2.57. The number of imide groups is 1. The quantitative estimate of drug-likeness (QED) is 0.511. The van der Waals surface area contributed by atoms with Crippen LogP contribution >= 0.6 is 0 Å². The van der Waals surface area contributed by atoms with Gasteiger partial charge in [0.05, 0.1) is 5.52 Å². The van der Waals surface area contributed by atoms with Gasteiger partial charge >= 0.3 is 0 Å². The third-order valence-electron chi connectivity index (χ3n) is 8.87. The van der Waals surface area contributed by atoms with Crippen LogP contribution in [-0.2, 0) is 16.1 Å². The van der Waals surface area contributed by atoms with E-state index < -0.39 is 6.04 Å². The summed E-state index contributed by atoms with van der Waals surface area (Å²) in [5.74, 6) is 0.398. The largest absolute Gasteiger partial charge is 0.489 e. The number of carbonyl (C=O) groups is 3. The molecule has 7 rings (SSSR count). The molecule has 0 spiro atoms. The Kier molecular flexibility index (Phi) is 6.07. The van der Waals surface area contributed by atoms with Gasteiger partial charge < -0.3 is 9.64 Å². The Hall–Kier alpha value is -3.78. The Morgan fingerprint density at radius 1 is 0.923 bits per heavy atom. The van der Waals surface area contributed by atoms with Gasteiger partial charge in [0.1, 0.15) is 17.9 Å². The number of rotatable bonds is 5. The number of pyridine rings is 1. The van der Waals surface area contributed by atoms with E-state index in [1.165, 1.54) is 17.5 Å². The molecule has 3 fully saturated rings. The number of carbonyl (C=O) groups excluding carboxylic acids is 3. The van der Waals surface area contributed by atoms with Crippen molar-refractivity contribution in [1.82, 2.24) is 20.1 Å². The first-order valence-electron chi connectivity index (χ1n) is 14.1. The van der Waals surface area contributed by atoms with Gasteiger partial charge in [0, 0.05) is 54.7 Å². The monoisotopic (exact) mass is 524 g/mol. The van der Waals surface area contributed by atoms with E-state index in [2.05, 4.69) is 34.5 Å². The smallest absolute Gasteiger partial charge is 0.255 e. The van der Waals surface area contributed by atoms with Crippen LogP contribution in [0.2, 0.25) is 0 Å². The van der Waals surface area contributed by atoms with Crippen LogP contribution in [-0.4, -0.2) is 63.8 Å². The maximum absolute atomic E-state index is 13.0. The van der Waals surface area contributed by atoms with Crippen molar-refractivity contribution in [3.63, 3.8) is 0 Å². The van der Waals surface area contributed by atoms with Crippen molar-refractivity contribution in [2.75, 3.05) is 13.1 Å². The molecule has 1 N–H and O–H groups in total. The lowest BCUT2D eigenvalue weighted by Gasteiger charge is -2.48. The van der Waals surface area contributed by atoms with E-state index >= 15 is 0 Å². The zero-order valence-corrected chi connectivity index (χ0v) is 21.8. The Morgan fingerprint density at radius 3 is 2.64 bits per heavy atom. The van der Waals surface area contributed by atoms with Gasteiger partial charge in [-0.3, -0.25) is 29.6 Å². The minimum Gasteiger partial charge on any atom is -0.489 e. The molecule has 1 unspecified atom stereocenters. The lowest BCUT2D eigenvalue weighted by atomic mass is 9.85. The van der Waals surface area contributed by atoms with Crippen LogP contribution in [0.4, 0.5) is 0 Å². The average molecular weight is 525 g/mol. The van der Waals surface area contributed by atoms with Crippen molar-refractivity contribution >= 4 is 28.6 Å². The molecule has 1 saturated carbocycles. The number of hydrogen-bond acceptors (Lipinski definition) is 6. The number of amides is 3. The highest BCUT2D eigenvalue weighted by Crippen LogP contribution is 2.36. The van der Waals surface area contributed by atoms with E-state index in [0.29, 0.717) is 30.5 Å². The van der Waals surface area contributed by atoms with E-state index in [0.717, 1.165) is 49.2 Å². The number of ether oxygens (including phenoxy) is 1. The van der Waals surface area contributed by atoms with Crippen LogP contribution in [0.5, 0.6) is 5.75 Å². The molecule has 2 saturated heterocycles. The lowest BCUT2D eigenvalue weighted by molar-refractivity contribution is -0.136. The molecule has 2 aromatic carbocycles. The van der Waals surface area contributed by atoms with Crippen LogP contribution in [0.25, 0.3) is 10.9 Å². The number of piperidine rings is 1. The maximum atomic E-state index is 13.0. The Balaban J connectivity index is 1.02. The summed E-state index contributed by atoms with van der Waals surface area (Å²) in [4.78, 5) is 46.0. The molecule has 0 bridgehead atoms. The molecule has 0 radical (unpaired) electrons. The molecular weight excluding hydrogens is 492 g/mol. The van der Waals surface area contributed by atoms with Crippen molar-refractivity contribution in [3.8, 4) is 5.75 Å². The first-order chi connectivity index (χ1) is 19.0. The fourth-order valence-corrected chi connectivity index (χ4v) is 6.71. The summed E-state index contributed by atoms with van der Waals surface area (Å²) < 4.78 is 6.59.